The Labute approximate surface area is 119 Å². The van der Waals surface area contributed by atoms with E-state index in [1.54, 1.807) is 6.08 Å². The molecule has 110 valence electrons. The smallest absolute Gasteiger partial charge is 0.359 e. The minimum atomic E-state index is -0.653. The topological polar surface area (TPSA) is 96.8 Å². The Kier molecular flexibility index (Phi) is 3.40. The highest BCUT2D eigenvalue weighted by atomic mass is 17.2. The lowest BCUT2D eigenvalue weighted by molar-refractivity contribution is -0.354. The Morgan fingerprint density at radius 3 is 2.33 bits per heavy atom. The molecule has 1 aliphatic carbocycles. The minimum absolute atomic E-state index is 0.00463. The van der Waals surface area contributed by atoms with Crippen molar-refractivity contribution < 1.29 is 28.8 Å². The highest BCUT2D eigenvalue weighted by Gasteiger charge is 2.39. The van der Waals surface area contributed by atoms with Crippen molar-refractivity contribution in [2.24, 2.45) is 0 Å². The molecule has 1 aromatic rings. The standard InChI is InChI=1S/C13H12N2O6/c1-18-12(16)10-8-6-4-3-5-7(21-20-6)9(8)11(15-14-10)13(17)19-2/h3-4,6-7H,5H2,1-2H3. The lowest BCUT2D eigenvalue weighted by Gasteiger charge is -2.27. The van der Waals surface area contributed by atoms with E-state index in [1.165, 1.54) is 14.2 Å². The summed E-state index contributed by atoms with van der Waals surface area (Å²) in [5.41, 5.74) is 0.910. The molecule has 0 saturated carbocycles. The molecule has 21 heavy (non-hydrogen) atoms. The molecular weight excluding hydrogens is 280 g/mol. The first-order chi connectivity index (χ1) is 10.2. The summed E-state index contributed by atoms with van der Waals surface area (Å²) in [5, 5.41) is 7.60. The van der Waals surface area contributed by atoms with Crippen molar-refractivity contribution in [3.8, 4) is 0 Å². The zero-order valence-electron chi connectivity index (χ0n) is 11.4. The predicted octanol–water partition coefficient (Wildman–Crippen LogP) is 1.05. The second-order valence-corrected chi connectivity index (χ2v) is 4.47. The Balaban J connectivity index is 2.26. The molecule has 3 heterocycles. The van der Waals surface area contributed by atoms with Crippen molar-refractivity contribution >= 4 is 11.9 Å². The molecule has 0 fully saturated rings. The van der Waals surface area contributed by atoms with E-state index in [-0.39, 0.29) is 11.4 Å². The van der Waals surface area contributed by atoms with E-state index in [0.717, 1.165) is 0 Å². The van der Waals surface area contributed by atoms with Gasteiger partial charge in [-0.3, -0.25) is 0 Å². The van der Waals surface area contributed by atoms with E-state index in [0.29, 0.717) is 17.5 Å². The van der Waals surface area contributed by atoms with Gasteiger partial charge >= 0.3 is 11.9 Å². The van der Waals surface area contributed by atoms with Gasteiger partial charge in [0, 0.05) is 11.1 Å². The number of esters is 2. The molecule has 8 nitrogen and oxygen atoms in total. The van der Waals surface area contributed by atoms with Gasteiger partial charge in [-0.05, 0) is 6.42 Å². The number of rotatable bonds is 2. The average molecular weight is 292 g/mol. The maximum Gasteiger partial charge on any atom is 0.359 e. The van der Waals surface area contributed by atoms with Crippen LogP contribution < -0.4 is 0 Å². The molecule has 2 bridgehead atoms. The Bertz CT molecular complexity index is 642. The highest BCUT2D eigenvalue weighted by molar-refractivity contribution is 5.93. The molecule has 1 aromatic heterocycles. The van der Waals surface area contributed by atoms with Crippen LogP contribution >= 0.6 is 0 Å². The number of aromatic nitrogens is 2. The second-order valence-electron chi connectivity index (χ2n) is 4.47. The van der Waals surface area contributed by atoms with Crippen molar-refractivity contribution in [3.63, 3.8) is 0 Å². The number of hydrogen-bond acceptors (Lipinski definition) is 8. The quantitative estimate of drug-likeness (QED) is 0.453. The fourth-order valence-corrected chi connectivity index (χ4v) is 2.41. The van der Waals surface area contributed by atoms with Crippen LogP contribution in [0.25, 0.3) is 0 Å². The molecule has 0 N–H and O–H groups in total. The van der Waals surface area contributed by atoms with Crippen molar-refractivity contribution in [2.45, 2.75) is 18.6 Å². The summed E-state index contributed by atoms with van der Waals surface area (Å²) < 4.78 is 9.40. The normalized spacial score (nSPS) is 22.4. The molecule has 0 saturated heterocycles. The van der Waals surface area contributed by atoms with E-state index < -0.39 is 24.1 Å². The summed E-state index contributed by atoms with van der Waals surface area (Å²) >= 11 is 0. The Morgan fingerprint density at radius 1 is 1.10 bits per heavy atom. The van der Waals surface area contributed by atoms with Gasteiger partial charge in [0.15, 0.2) is 11.4 Å². The van der Waals surface area contributed by atoms with E-state index in [2.05, 4.69) is 10.2 Å². The minimum Gasteiger partial charge on any atom is -0.464 e. The zero-order valence-corrected chi connectivity index (χ0v) is 11.4. The largest absolute Gasteiger partial charge is 0.464 e. The molecule has 2 atom stereocenters. The maximum atomic E-state index is 11.9. The van der Waals surface area contributed by atoms with Crippen LogP contribution in [0, 0.1) is 0 Å². The zero-order chi connectivity index (χ0) is 15.0. The van der Waals surface area contributed by atoms with Gasteiger partial charge in [0.25, 0.3) is 0 Å². The van der Waals surface area contributed by atoms with Gasteiger partial charge < -0.3 is 9.47 Å². The number of ether oxygens (including phenoxy) is 2. The molecule has 0 radical (unpaired) electrons. The van der Waals surface area contributed by atoms with Crippen LogP contribution in [-0.4, -0.2) is 36.4 Å². The summed E-state index contributed by atoms with van der Waals surface area (Å²) in [6, 6.07) is 0. The van der Waals surface area contributed by atoms with Crippen LogP contribution in [0.2, 0.25) is 0 Å². The van der Waals surface area contributed by atoms with Gasteiger partial charge in [-0.25, -0.2) is 19.4 Å². The van der Waals surface area contributed by atoms with Crippen molar-refractivity contribution in [3.05, 3.63) is 34.7 Å². The Morgan fingerprint density at radius 2 is 1.71 bits per heavy atom. The molecule has 0 spiro atoms. The molecule has 8 heteroatoms. The number of hydrogen-bond donors (Lipinski definition) is 0. The summed E-state index contributed by atoms with van der Waals surface area (Å²) in [5.74, 6) is -1.30. The number of carbonyl (C=O) groups excluding carboxylic acids is 2. The van der Waals surface area contributed by atoms with Crippen LogP contribution in [0.1, 0.15) is 50.7 Å². The molecule has 2 aliphatic heterocycles. The lowest BCUT2D eigenvalue weighted by atomic mass is 9.95. The summed E-state index contributed by atoms with van der Waals surface area (Å²) in [6.45, 7) is 0. The van der Waals surface area contributed by atoms with Gasteiger partial charge in [-0.15, -0.1) is 10.2 Å². The lowest BCUT2D eigenvalue weighted by Crippen LogP contribution is -2.26. The molecular formula is C13H12N2O6. The number of nitrogens with zero attached hydrogens (tertiary/aromatic N) is 2. The summed E-state index contributed by atoms with van der Waals surface area (Å²) in [4.78, 5) is 34.2. The molecule has 0 aromatic carbocycles. The fraction of sp³-hybridized carbons (Fsp3) is 0.385. The van der Waals surface area contributed by atoms with E-state index in [9.17, 15) is 9.59 Å². The third-order valence-electron chi connectivity index (χ3n) is 3.35. The van der Waals surface area contributed by atoms with E-state index in [4.69, 9.17) is 19.2 Å². The van der Waals surface area contributed by atoms with Crippen molar-refractivity contribution in [1.29, 1.82) is 0 Å². The first-order valence-electron chi connectivity index (χ1n) is 6.23. The average Bonchev–Trinajstić information content (AvgIpc) is 2.87. The number of carbonyl (C=O) groups is 2. The van der Waals surface area contributed by atoms with Crippen LogP contribution in [-0.2, 0) is 19.2 Å². The number of fused-ring (bicyclic) bond motifs is 2. The van der Waals surface area contributed by atoms with Gasteiger partial charge in [0.1, 0.15) is 12.2 Å². The van der Waals surface area contributed by atoms with Crippen LogP contribution in [0.4, 0.5) is 0 Å². The van der Waals surface area contributed by atoms with Crippen LogP contribution in [0.15, 0.2) is 12.2 Å². The van der Waals surface area contributed by atoms with E-state index >= 15 is 0 Å². The molecule has 4 rings (SSSR count). The second kappa shape index (κ2) is 5.23. The van der Waals surface area contributed by atoms with Gasteiger partial charge in [-0.1, -0.05) is 12.2 Å². The maximum absolute atomic E-state index is 11.9. The summed E-state index contributed by atoms with van der Waals surface area (Å²) in [6.07, 6.45) is 2.88. The van der Waals surface area contributed by atoms with Crippen LogP contribution in [0.5, 0.6) is 0 Å². The van der Waals surface area contributed by atoms with Crippen molar-refractivity contribution in [1.82, 2.24) is 10.2 Å². The summed E-state index contributed by atoms with van der Waals surface area (Å²) in [7, 11) is 2.49. The van der Waals surface area contributed by atoms with Crippen molar-refractivity contribution in [2.75, 3.05) is 14.2 Å². The monoisotopic (exact) mass is 292 g/mol. The van der Waals surface area contributed by atoms with Gasteiger partial charge in [0.05, 0.1) is 14.2 Å². The first-order valence-corrected chi connectivity index (χ1v) is 6.23. The number of methoxy groups -OCH3 is 2. The Hall–Kier alpha value is -2.32. The van der Waals surface area contributed by atoms with Crippen LogP contribution in [0.3, 0.4) is 0 Å². The molecule has 0 amide bonds. The molecule has 3 aliphatic rings. The fourth-order valence-electron chi connectivity index (χ4n) is 2.41. The van der Waals surface area contributed by atoms with E-state index in [1.807, 2.05) is 6.08 Å². The third-order valence-corrected chi connectivity index (χ3v) is 3.35. The predicted molar refractivity (Wildman–Crippen MR) is 66.1 cm³/mol. The molecule has 2 unspecified atom stereocenters. The van der Waals surface area contributed by atoms with Gasteiger partial charge in [-0.2, -0.15) is 0 Å². The highest BCUT2D eigenvalue weighted by Crippen LogP contribution is 2.43. The SMILES string of the molecule is COC(=O)c1nnc(C(=O)OC)c2c1C1C=CCC2OO1. The third kappa shape index (κ3) is 2.08. The first kappa shape index (κ1) is 13.7. The van der Waals surface area contributed by atoms with Gasteiger partial charge in [0.2, 0.25) is 0 Å².